The molecule has 4 aromatic rings. The Morgan fingerprint density at radius 2 is 1.70 bits per heavy atom. The highest BCUT2D eigenvalue weighted by atomic mass is 16.6. The SMILES string of the molecule is CCc1c2c(nc3ccc(OC(=O)N4CCN(CCCCCCN(C)c5ccc([C@H]6CC7(C)[C@H](OC(C)=O)CC[C@H]7C7CCC8=CC(=O)CCC8=C76)cc5)CC4)cc13)-c1cc3c(c(=O)n1C2)COC(=O)[C@]3(O)CC. The van der Waals surface area contributed by atoms with Gasteiger partial charge in [-0.05, 0) is 147 Å². The van der Waals surface area contributed by atoms with Crippen molar-refractivity contribution < 1.29 is 38.5 Å². The highest BCUT2D eigenvalue weighted by Gasteiger charge is 2.58. The van der Waals surface area contributed by atoms with Gasteiger partial charge in [0.1, 0.15) is 18.5 Å². The van der Waals surface area contributed by atoms with Crippen LogP contribution in [-0.4, -0.2) is 101 Å². The van der Waals surface area contributed by atoms with Gasteiger partial charge in [-0.3, -0.25) is 19.3 Å². The number of esters is 2. The first-order valence-electron chi connectivity index (χ1n) is 27.5. The Bertz CT molecular complexity index is 3060. The van der Waals surface area contributed by atoms with E-state index in [4.69, 9.17) is 19.2 Å². The Balaban J connectivity index is 0.652. The molecule has 7 aliphatic rings. The van der Waals surface area contributed by atoms with Crippen molar-refractivity contribution in [1.29, 1.82) is 0 Å². The van der Waals surface area contributed by atoms with Crippen molar-refractivity contribution in [3.8, 4) is 17.1 Å². The normalized spacial score (nSPS) is 26.1. The lowest BCUT2D eigenvalue weighted by molar-refractivity contribution is -0.172. The van der Waals surface area contributed by atoms with E-state index >= 15 is 0 Å². The molecule has 1 saturated heterocycles. The van der Waals surface area contributed by atoms with Crippen LogP contribution in [0, 0.1) is 17.3 Å². The number of rotatable bonds is 13. The molecule has 0 radical (unpaired) electrons. The van der Waals surface area contributed by atoms with Crippen molar-refractivity contribution in [3.63, 3.8) is 0 Å². The second kappa shape index (κ2) is 19.9. The number of piperazine rings is 1. The zero-order valence-corrected chi connectivity index (χ0v) is 43.8. The van der Waals surface area contributed by atoms with Gasteiger partial charge >= 0.3 is 18.0 Å². The average Bonchev–Trinajstić information content (AvgIpc) is 3.93. The van der Waals surface area contributed by atoms with Gasteiger partial charge < -0.3 is 33.7 Å². The van der Waals surface area contributed by atoms with Crippen LogP contribution >= 0.6 is 0 Å². The van der Waals surface area contributed by atoms with Gasteiger partial charge in [0.25, 0.3) is 5.56 Å². The van der Waals surface area contributed by atoms with Crippen molar-refractivity contribution in [2.45, 2.75) is 142 Å². The van der Waals surface area contributed by atoms with E-state index in [9.17, 15) is 29.1 Å². The largest absolute Gasteiger partial charge is 0.462 e. The minimum absolute atomic E-state index is 0.0541. The van der Waals surface area contributed by atoms with E-state index in [1.54, 1.807) is 41.0 Å². The molecule has 3 aliphatic heterocycles. The third-order valence-corrected chi connectivity index (χ3v) is 18.4. The number of hydrogen-bond donors (Lipinski definition) is 1. The number of aryl methyl sites for hydroxylation is 1. The topological polar surface area (TPSA) is 161 Å². The first-order valence-corrected chi connectivity index (χ1v) is 27.5. The number of benzene rings is 2. The number of fused-ring (bicyclic) bond motifs is 9. The van der Waals surface area contributed by atoms with Gasteiger partial charge in [-0.25, -0.2) is 14.6 Å². The minimum atomic E-state index is -1.89. The number of allylic oxidation sites excluding steroid dienone is 4. The molecule has 0 spiro atoms. The van der Waals surface area contributed by atoms with Crippen LogP contribution < -0.4 is 15.2 Å². The van der Waals surface area contributed by atoms with E-state index < -0.39 is 11.6 Å². The van der Waals surface area contributed by atoms with E-state index in [-0.39, 0.29) is 65.0 Å². The lowest BCUT2D eigenvalue weighted by atomic mass is 9.53. The van der Waals surface area contributed by atoms with Crippen LogP contribution in [0.4, 0.5) is 10.5 Å². The number of nitrogens with zero attached hydrogens (tertiary/aromatic N) is 5. The summed E-state index contributed by atoms with van der Waals surface area (Å²) in [6.45, 7) is 12.6. The number of aromatic nitrogens is 2. The predicted molar refractivity (Wildman–Crippen MR) is 282 cm³/mol. The quantitative estimate of drug-likeness (QED) is 0.0881. The van der Waals surface area contributed by atoms with E-state index in [2.05, 4.69) is 55.0 Å². The summed E-state index contributed by atoms with van der Waals surface area (Å²) >= 11 is 0. The van der Waals surface area contributed by atoms with Crippen molar-refractivity contribution in [3.05, 3.63) is 109 Å². The molecule has 1 amide bonds. The van der Waals surface area contributed by atoms with Crippen molar-refractivity contribution in [2.24, 2.45) is 17.3 Å². The Morgan fingerprint density at radius 3 is 2.46 bits per heavy atom. The lowest BCUT2D eigenvalue weighted by Crippen LogP contribution is -2.49. The number of amides is 1. The number of ether oxygens (including phenoxy) is 3. The van der Waals surface area contributed by atoms with Crippen LogP contribution in [0.1, 0.15) is 138 Å². The monoisotopic (exact) mass is 1010 g/mol. The first kappa shape index (κ1) is 50.1. The average molecular weight is 1010 g/mol. The van der Waals surface area contributed by atoms with Crippen LogP contribution in [0.3, 0.4) is 0 Å². The summed E-state index contributed by atoms with van der Waals surface area (Å²) in [5.41, 5.74) is 8.96. The molecule has 14 nitrogen and oxygen atoms in total. The van der Waals surface area contributed by atoms with Crippen LogP contribution in [0.15, 0.2) is 76.1 Å². The number of cyclic esters (lactones) is 1. The third-order valence-electron chi connectivity index (χ3n) is 18.4. The van der Waals surface area contributed by atoms with E-state index in [0.717, 1.165) is 107 Å². The highest BCUT2D eigenvalue weighted by molar-refractivity contribution is 5.93. The molecular weight excluding hydrogens is 935 g/mol. The van der Waals surface area contributed by atoms with Gasteiger partial charge in [0, 0.05) is 86.6 Å². The zero-order chi connectivity index (χ0) is 51.6. The lowest BCUT2D eigenvalue weighted by Gasteiger charge is -2.52. The van der Waals surface area contributed by atoms with Crippen molar-refractivity contribution in [2.75, 3.05) is 51.2 Å². The summed E-state index contributed by atoms with van der Waals surface area (Å²) in [4.78, 5) is 76.2. The van der Waals surface area contributed by atoms with Gasteiger partial charge in [0.15, 0.2) is 11.4 Å². The molecule has 2 unspecified atom stereocenters. The highest BCUT2D eigenvalue weighted by Crippen LogP contribution is 2.64. The molecule has 0 bridgehead atoms. The summed E-state index contributed by atoms with van der Waals surface area (Å²) in [7, 11) is 2.18. The maximum Gasteiger partial charge on any atom is 0.415 e. The minimum Gasteiger partial charge on any atom is -0.462 e. The molecule has 2 aromatic carbocycles. The molecule has 6 atom stereocenters. The fourth-order valence-corrected chi connectivity index (χ4v) is 14.4. The summed E-state index contributed by atoms with van der Waals surface area (Å²) in [5, 5.41) is 12.1. The zero-order valence-electron chi connectivity index (χ0n) is 43.8. The molecule has 2 aromatic heterocycles. The molecule has 3 fully saturated rings. The van der Waals surface area contributed by atoms with Gasteiger partial charge in [-0.1, -0.05) is 51.3 Å². The standard InChI is InChI=1S/C60H71N5O9/c1-6-42-45-31-41(18-22-51(45)61-55-47(42)34-65-52(55)32-50-48(56(65)68)35-72-57(69)60(50,71)7-2)74-58(70)64-28-26-63(27-29-64)25-11-9-8-10-24-62(5)39-15-12-37(13-16-39)46-33-59(4)49(21-23-53(59)73-36(3)66)44-19-14-38-30-40(67)17-20-43(38)54(44)46/h12-13,15-16,18,22,30-32,44,46,49,53,71H,6-11,14,17,19-21,23-29,33-35H2,1-5H3/t44?,46-,49+,53-,59?,60+/m1/s1. The van der Waals surface area contributed by atoms with Crippen molar-refractivity contribution >= 4 is 40.4 Å². The van der Waals surface area contributed by atoms with Crippen LogP contribution in [0.2, 0.25) is 0 Å². The molecule has 390 valence electrons. The first-order chi connectivity index (χ1) is 35.7. The van der Waals surface area contributed by atoms with Crippen LogP contribution in [0.5, 0.6) is 5.75 Å². The maximum absolute atomic E-state index is 13.8. The summed E-state index contributed by atoms with van der Waals surface area (Å²) in [5.74, 6) is 0.956. The molecule has 11 rings (SSSR count). The Labute approximate surface area is 433 Å². The predicted octanol–water partition coefficient (Wildman–Crippen LogP) is 9.29. The molecule has 1 N–H and O–H groups in total. The van der Waals surface area contributed by atoms with Gasteiger partial charge in [-0.2, -0.15) is 0 Å². The fourth-order valence-electron chi connectivity index (χ4n) is 14.4. The smallest absolute Gasteiger partial charge is 0.415 e. The van der Waals surface area contributed by atoms with E-state index in [0.29, 0.717) is 67.0 Å². The number of pyridine rings is 2. The molecule has 74 heavy (non-hydrogen) atoms. The number of carbonyl (C=O) groups excluding carboxylic acids is 4. The van der Waals surface area contributed by atoms with Crippen molar-refractivity contribution in [1.82, 2.24) is 19.4 Å². The third kappa shape index (κ3) is 8.76. The fraction of sp³-hybridized carbons (Fsp3) is 0.533. The van der Waals surface area contributed by atoms with Gasteiger partial charge in [0.2, 0.25) is 0 Å². The Morgan fingerprint density at radius 1 is 0.919 bits per heavy atom. The number of ketones is 1. The Hall–Kier alpha value is -6.12. The number of aliphatic hydroxyl groups is 1. The van der Waals surface area contributed by atoms with Crippen LogP contribution in [0.25, 0.3) is 22.3 Å². The molecule has 4 aliphatic carbocycles. The summed E-state index contributed by atoms with van der Waals surface area (Å²) < 4.78 is 18.9. The second-order valence-electron chi connectivity index (χ2n) is 22.4. The van der Waals surface area contributed by atoms with E-state index in [1.165, 1.54) is 22.4 Å². The maximum atomic E-state index is 13.8. The molecule has 5 heterocycles. The van der Waals surface area contributed by atoms with Gasteiger partial charge in [-0.15, -0.1) is 0 Å². The summed E-state index contributed by atoms with van der Waals surface area (Å²) in [6.07, 6.45) is 13.2. The number of anilines is 1. The number of carbonyl (C=O) groups is 4. The second-order valence-corrected chi connectivity index (χ2v) is 22.4. The molecular formula is C60H71N5O9. The Kier molecular flexibility index (Phi) is 13.4. The molecule has 14 heteroatoms. The molecule has 2 saturated carbocycles. The number of unbranched alkanes of at least 4 members (excludes halogenated alkanes) is 3. The number of hydrogen-bond acceptors (Lipinski definition) is 12. The van der Waals surface area contributed by atoms with Crippen LogP contribution in [-0.2, 0) is 49.0 Å². The summed E-state index contributed by atoms with van der Waals surface area (Å²) in [6, 6.07) is 16.4. The van der Waals surface area contributed by atoms with Gasteiger partial charge in [0.05, 0.1) is 29.0 Å². The van der Waals surface area contributed by atoms with E-state index in [1.807, 2.05) is 18.2 Å².